The van der Waals surface area contributed by atoms with E-state index in [0.29, 0.717) is 42.5 Å². The summed E-state index contributed by atoms with van der Waals surface area (Å²) in [5, 5.41) is 0.429. The molecule has 7 rings (SSSR count). The van der Waals surface area contributed by atoms with Crippen LogP contribution >= 0.6 is 0 Å². The van der Waals surface area contributed by atoms with Gasteiger partial charge in [-0.15, -0.1) is 0 Å². The number of hydrogen-bond acceptors (Lipinski definition) is 5. The predicted molar refractivity (Wildman–Crippen MR) is 126 cm³/mol. The average Bonchev–Trinajstić information content (AvgIpc) is 3.42. The number of fused-ring (bicyclic) bond motifs is 2. The van der Waals surface area contributed by atoms with E-state index in [1.165, 1.54) is 11.1 Å². The Bertz CT molecular complexity index is 1370. The molecule has 174 valence electrons. The molecule has 4 heterocycles. The first-order valence-corrected chi connectivity index (χ1v) is 12.3. The zero-order chi connectivity index (χ0) is 23.0. The molecule has 3 unspecified atom stereocenters. The smallest absolute Gasteiger partial charge is 0.259 e. The SMILES string of the molecule is CCn1cc(C(=O)N2CC3OC4CCC43C2)c(=O)c2cc(OC3Cc4ccccc4C3)cnc21. The van der Waals surface area contributed by atoms with E-state index in [9.17, 15) is 9.59 Å². The molecule has 1 amide bonds. The molecule has 1 saturated carbocycles. The lowest BCUT2D eigenvalue weighted by molar-refractivity contribution is -0.279. The molecule has 2 aliphatic carbocycles. The van der Waals surface area contributed by atoms with Crippen LogP contribution in [0.1, 0.15) is 41.3 Å². The zero-order valence-corrected chi connectivity index (χ0v) is 19.2. The van der Waals surface area contributed by atoms with E-state index in [4.69, 9.17) is 9.47 Å². The van der Waals surface area contributed by atoms with Crippen molar-refractivity contribution in [3.63, 3.8) is 0 Å². The van der Waals surface area contributed by atoms with Gasteiger partial charge in [0.25, 0.3) is 5.91 Å². The zero-order valence-electron chi connectivity index (χ0n) is 19.2. The Morgan fingerprint density at radius 1 is 1.24 bits per heavy atom. The monoisotopic (exact) mass is 457 g/mol. The van der Waals surface area contributed by atoms with Crippen molar-refractivity contribution in [1.82, 2.24) is 14.5 Å². The van der Waals surface area contributed by atoms with E-state index >= 15 is 0 Å². The van der Waals surface area contributed by atoms with Gasteiger partial charge in [-0.05, 0) is 37.0 Å². The summed E-state index contributed by atoms with van der Waals surface area (Å²) < 4.78 is 14.0. The van der Waals surface area contributed by atoms with E-state index in [1.807, 2.05) is 28.5 Å². The van der Waals surface area contributed by atoms with Crippen molar-refractivity contribution >= 4 is 16.9 Å². The summed E-state index contributed by atoms with van der Waals surface area (Å²) in [5.41, 5.74) is 3.25. The Morgan fingerprint density at radius 3 is 2.68 bits per heavy atom. The molecule has 2 aromatic heterocycles. The van der Waals surface area contributed by atoms with Crippen molar-refractivity contribution in [2.45, 2.75) is 57.5 Å². The number of aryl methyl sites for hydroxylation is 1. The summed E-state index contributed by atoms with van der Waals surface area (Å²) in [4.78, 5) is 33.4. The van der Waals surface area contributed by atoms with Gasteiger partial charge >= 0.3 is 0 Å². The second-order valence-electron chi connectivity index (χ2n) is 10.2. The summed E-state index contributed by atoms with van der Waals surface area (Å²) in [5.74, 6) is 0.364. The largest absolute Gasteiger partial charge is 0.488 e. The molecule has 3 aromatic rings. The first-order valence-electron chi connectivity index (χ1n) is 12.3. The van der Waals surface area contributed by atoms with Crippen LogP contribution < -0.4 is 10.2 Å². The molecule has 7 heteroatoms. The van der Waals surface area contributed by atoms with Gasteiger partial charge in [0.2, 0.25) is 5.43 Å². The third-order valence-corrected chi connectivity index (χ3v) is 8.42. The fourth-order valence-corrected chi connectivity index (χ4v) is 6.43. The lowest BCUT2D eigenvalue weighted by Crippen LogP contribution is -2.65. The van der Waals surface area contributed by atoms with Crippen LogP contribution in [0.3, 0.4) is 0 Å². The molecule has 7 nitrogen and oxygen atoms in total. The summed E-state index contributed by atoms with van der Waals surface area (Å²) in [6.07, 6.45) is 7.67. The highest BCUT2D eigenvalue weighted by Crippen LogP contribution is 2.59. The Balaban J connectivity index is 1.20. The van der Waals surface area contributed by atoms with Gasteiger partial charge in [-0.1, -0.05) is 24.3 Å². The standard InChI is InChI=1S/C27H27N3O4/c1-2-29-13-21(26(32)30-14-23-27(15-30)8-7-22(27)34-23)24(31)20-11-19(12-28-25(20)29)33-18-9-16-5-3-4-6-17(16)10-18/h3-6,11-13,18,22-23H,2,7-10,14-15H2,1H3. The second-order valence-corrected chi connectivity index (χ2v) is 10.2. The van der Waals surface area contributed by atoms with Crippen molar-refractivity contribution in [2.24, 2.45) is 5.41 Å². The van der Waals surface area contributed by atoms with Crippen LogP contribution in [0, 0.1) is 5.41 Å². The summed E-state index contributed by atoms with van der Waals surface area (Å²) >= 11 is 0. The number of pyridine rings is 2. The van der Waals surface area contributed by atoms with Gasteiger partial charge < -0.3 is 18.9 Å². The van der Waals surface area contributed by atoms with Crippen LogP contribution in [0.15, 0.2) is 47.5 Å². The highest BCUT2D eigenvalue weighted by atomic mass is 16.5. The molecule has 2 saturated heterocycles. The number of hydrogen-bond donors (Lipinski definition) is 0. The van der Waals surface area contributed by atoms with Gasteiger partial charge in [0.15, 0.2) is 0 Å². The lowest BCUT2D eigenvalue weighted by atomic mass is 9.60. The van der Waals surface area contributed by atoms with Gasteiger partial charge in [-0.3, -0.25) is 9.59 Å². The Kier molecular flexibility index (Phi) is 4.25. The first kappa shape index (κ1) is 20.2. The van der Waals surface area contributed by atoms with E-state index in [0.717, 1.165) is 25.7 Å². The van der Waals surface area contributed by atoms with Crippen molar-refractivity contribution in [1.29, 1.82) is 0 Å². The quantitative estimate of drug-likeness (QED) is 0.602. The number of benzene rings is 1. The van der Waals surface area contributed by atoms with Crippen LogP contribution in [-0.2, 0) is 24.1 Å². The van der Waals surface area contributed by atoms with Crippen molar-refractivity contribution in [2.75, 3.05) is 13.1 Å². The van der Waals surface area contributed by atoms with Gasteiger partial charge in [0.05, 0.1) is 23.8 Å². The second kappa shape index (κ2) is 7.15. The van der Waals surface area contributed by atoms with Crippen LogP contribution in [0.5, 0.6) is 5.75 Å². The minimum Gasteiger partial charge on any atom is -0.488 e. The normalized spacial score (nSPS) is 27.0. The van der Waals surface area contributed by atoms with Crippen LogP contribution in [-0.4, -0.2) is 51.8 Å². The molecule has 0 bridgehead atoms. The molecular weight excluding hydrogens is 430 g/mol. The van der Waals surface area contributed by atoms with E-state index in [-0.39, 0.29) is 34.5 Å². The third-order valence-electron chi connectivity index (χ3n) is 8.42. The Hall–Kier alpha value is -3.19. The highest BCUT2D eigenvalue weighted by Gasteiger charge is 2.67. The summed E-state index contributed by atoms with van der Waals surface area (Å²) in [6.45, 7) is 3.86. The number of carbonyl (C=O) groups excluding carboxylic acids is 1. The van der Waals surface area contributed by atoms with Gasteiger partial charge in [-0.2, -0.15) is 0 Å². The van der Waals surface area contributed by atoms with E-state index in [1.54, 1.807) is 18.5 Å². The fraction of sp³-hybridized carbons (Fsp3) is 0.444. The van der Waals surface area contributed by atoms with Crippen LogP contribution in [0.25, 0.3) is 11.0 Å². The minimum absolute atomic E-state index is 0.0182. The van der Waals surface area contributed by atoms with Gasteiger partial charge in [0.1, 0.15) is 23.1 Å². The van der Waals surface area contributed by atoms with Crippen LogP contribution in [0.4, 0.5) is 0 Å². The Morgan fingerprint density at radius 2 is 2.03 bits per heavy atom. The van der Waals surface area contributed by atoms with Gasteiger partial charge in [-0.25, -0.2) is 4.98 Å². The predicted octanol–water partition coefficient (Wildman–Crippen LogP) is 2.97. The number of carbonyl (C=O) groups is 1. The van der Waals surface area contributed by atoms with E-state index in [2.05, 4.69) is 17.1 Å². The minimum atomic E-state index is -0.278. The third kappa shape index (κ3) is 2.76. The topological polar surface area (TPSA) is 73.7 Å². The Labute approximate surface area is 197 Å². The molecule has 34 heavy (non-hydrogen) atoms. The van der Waals surface area contributed by atoms with Gasteiger partial charge in [0, 0.05) is 44.1 Å². The molecular formula is C27H27N3O4. The van der Waals surface area contributed by atoms with E-state index < -0.39 is 0 Å². The first-order chi connectivity index (χ1) is 16.6. The maximum absolute atomic E-state index is 13.5. The van der Waals surface area contributed by atoms with Crippen LogP contribution in [0.2, 0.25) is 0 Å². The molecule has 0 N–H and O–H groups in total. The maximum atomic E-state index is 13.5. The fourth-order valence-electron chi connectivity index (χ4n) is 6.43. The summed E-state index contributed by atoms with van der Waals surface area (Å²) in [7, 11) is 0. The number of aromatic nitrogens is 2. The molecule has 3 atom stereocenters. The molecule has 3 fully saturated rings. The molecule has 2 aliphatic heterocycles. The molecule has 1 aromatic carbocycles. The number of amides is 1. The number of nitrogens with zero attached hydrogens (tertiary/aromatic N) is 3. The number of ether oxygens (including phenoxy) is 2. The maximum Gasteiger partial charge on any atom is 0.259 e. The molecule has 0 radical (unpaired) electrons. The summed E-state index contributed by atoms with van der Waals surface area (Å²) in [6, 6.07) is 10.1. The lowest BCUT2D eigenvalue weighted by Gasteiger charge is -2.59. The van der Waals surface area contributed by atoms with Crippen molar-refractivity contribution in [3.8, 4) is 5.75 Å². The van der Waals surface area contributed by atoms with Crippen molar-refractivity contribution < 1.29 is 14.3 Å². The number of rotatable bonds is 4. The number of likely N-dealkylation sites (tertiary alicyclic amines) is 1. The molecule has 4 aliphatic rings. The average molecular weight is 458 g/mol. The highest BCUT2D eigenvalue weighted by molar-refractivity contribution is 5.97. The molecule has 1 spiro atoms. The van der Waals surface area contributed by atoms with Crippen molar-refractivity contribution in [3.05, 3.63) is 69.6 Å².